The van der Waals surface area contributed by atoms with Crippen LogP contribution in [0.2, 0.25) is 0 Å². The van der Waals surface area contributed by atoms with Crippen LogP contribution in [0.3, 0.4) is 0 Å². The number of hydrogen-bond donors (Lipinski definition) is 0. The topological polar surface area (TPSA) is 18.5 Å². The number of benzene rings is 3. The van der Waals surface area contributed by atoms with Crippen molar-refractivity contribution in [3.63, 3.8) is 0 Å². The fraction of sp³-hybridized carbons (Fsp3) is 0.280. The van der Waals surface area contributed by atoms with Gasteiger partial charge in [0.05, 0.1) is 5.92 Å². The fourth-order valence-corrected chi connectivity index (χ4v) is 3.98. The molecule has 138 valence electrons. The van der Waals surface area contributed by atoms with Gasteiger partial charge in [-0.05, 0) is 52.3 Å². The Kier molecular flexibility index (Phi) is 5.00. The minimum atomic E-state index is -0.371. The zero-order chi connectivity index (χ0) is 18.8. The van der Waals surface area contributed by atoms with Crippen LogP contribution in [-0.4, -0.2) is 13.4 Å². The normalized spacial score (nSPS) is 15.1. The molecular weight excluding hydrogens is 332 g/mol. The zero-order valence-electron chi connectivity index (χ0n) is 16.2. The van der Waals surface area contributed by atoms with Gasteiger partial charge in [0.25, 0.3) is 0 Å². The predicted octanol–water partition coefficient (Wildman–Crippen LogP) is 6.36. The van der Waals surface area contributed by atoms with Crippen molar-refractivity contribution in [3.8, 4) is 16.9 Å². The first-order valence-electron chi connectivity index (χ1n) is 9.70. The molecule has 3 aromatic carbocycles. The molecule has 0 fully saturated rings. The number of rotatable bonds is 6. The summed E-state index contributed by atoms with van der Waals surface area (Å²) in [6.45, 7) is 4.46. The van der Waals surface area contributed by atoms with E-state index in [0.29, 0.717) is 5.92 Å². The average Bonchev–Trinajstić information content (AvgIpc) is 3.06. The highest BCUT2D eigenvalue weighted by Crippen LogP contribution is 2.47. The molecule has 0 aromatic heterocycles. The van der Waals surface area contributed by atoms with Crippen LogP contribution in [0.15, 0.2) is 72.8 Å². The molecule has 2 atom stereocenters. The molecule has 0 heterocycles. The molecule has 0 saturated heterocycles. The summed E-state index contributed by atoms with van der Waals surface area (Å²) in [6, 6.07) is 25.5. The average molecular weight is 358 g/mol. The van der Waals surface area contributed by atoms with E-state index < -0.39 is 0 Å². The highest BCUT2D eigenvalue weighted by molar-refractivity contribution is 5.78. The first-order chi connectivity index (χ1) is 13.2. The molecule has 2 unspecified atom stereocenters. The number of hydrogen-bond acceptors (Lipinski definition) is 2. The lowest BCUT2D eigenvalue weighted by Crippen LogP contribution is -2.27. The maximum Gasteiger partial charge on any atom is 0.210 e. The highest BCUT2D eigenvalue weighted by atomic mass is 16.7. The summed E-state index contributed by atoms with van der Waals surface area (Å²) in [4.78, 5) is 0. The van der Waals surface area contributed by atoms with Crippen LogP contribution in [-0.2, 0) is 4.74 Å². The van der Waals surface area contributed by atoms with Gasteiger partial charge in [0.15, 0.2) is 0 Å². The van der Waals surface area contributed by atoms with Crippen LogP contribution in [0.25, 0.3) is 11.1 Å². The molecule has 0 bridgehead atoms. The van der Waals surface area contributed by atoms with E-state index in [4.69, 9.17) is 9.47 Å². The molecule has 2 nitrogen and oxygen atoms in total. The molecule has 0 N–H and O–H groups in total. The summed E-state index contributed by atoms with van der Waals surface area (Å²) in [6.07, 6.45) is 0.764. The summed E-state index contributed by atoms with van der Waals surface area (Å²) in [7, 11) is 1.72. The summed E-state index contributed by atoms with van der Waals surface area (Å²) >= 11 is 0. The molecule has 0 saturated carbocycles. The Balaban J connectivity index is 1.65. The summed E-state index contributed by atoms with van der Waals surface area (Å²) in [5.74, 6) is 1.47. The second-order valence-electron chi connectivity index (χ2n) is 7.25. The van der Waals surface area contributed by atoms with Gasteiger partial charge in [0, 0.05) is 7.11 Å². The Labute approximate surface area is 161 Å². The lowest BCUT2D eigenvalue weighted by Gasteiger charge is -2.25. The second kappa shape index (κ2) is 7.58. The van der Waals surface area contributed by atoms with E-state index in [2.05, 4.69) is 86.6 Å². The van der Waals surface area contributed by atoms with Crippen LogP contribution >= 0.6 is 0 Å². The third-order valence-corrected chi connectivity index (χ3v) is 5.70. The van der Waals surface area contributed by atoms with Crippen LogP contribution < -0.4 is 4.74 Å². The van der Waals surface area contributed by atoms with E-state index in [1.54, 1.807) is 7.11 Å². The molecule has 1 aliphatic carbocycles. The Hall–Kier alpha value is -2.58. The van der Waals surface area contributed by atoms with Crippen LogP contribution in [0.4, 0.5) is 0 Å². The molecule has 3 aromatic rings. The van der Waals surface area contributed by atoms with Crippen molar-refractivity contribution >= 4 is 0 Å². The molecule has 1 aliphatic rings. The van der Waals surface area contributed by atoms with Gasteiger partial charge >= 0.3 is 0 Å². The van der Waals surface area contributed by atoms with Crippen molar-refractivity contribution in [3.05, 3.63) is 89.5 Å². The van der Waals surface area contributed by atoms with Gasteiger partial charge in [0.2, 0.25) is 6.29 Å². The molecule has 0 radical (unpaired) electrons. The minimum absolute atomic E-state index is 0.0663. The first-order valence-corrected chi connectivity index (χ1v) is 9.70. The van der Waals surface area contributed by atoms with Crippen molar-refractivity contribution < 1.29 is 9.47 Å². The lowest BCUT2D eigenvalue weighted by atomic mass is 9.96. The molecule has 0 amide bonds. The lowest BCUT2D eigenvalue weighted by molar-refractivity contribution is -0.0629. The Bertz CT molecular complexity index is 868. The van der Waals surface area contributed by atoms with Gasteiger partial charge in [-0.15, -0.1) is 0 Å². The highest BCUT2D eigenvalue weighted by Gasteiger charge is 2.35. The van der Waals surface area contributed by atoms with Gasteiger partial charge in [-0.25, -0.2) is 0 Å². The smallest absolute Gasteiger partial charge is 0.210 e. The largest absolute Gasteiger partial charge is 0.464 e. The third kappa shape index (κ3) is 3.26. The zero-order valence-corrected chi connectivity index (χ0v) is 16.2. The van der Waals surface area contributed by atoms with Gasteiger partial charge < -0.3 is 9.47 Å². The molecule has 27 heavy (non-hydrogen) atoms. The number of ether oxygens (including phenoxy) is 2. The quantitative estimate of drug-likeness (QED) is 0.477. The van der Waals surface area contributed by atoms with Crippen molar-refractivity contribution in [2.45, 2.75) is 38.4 Å². The van der Waals surface area contributed by atoms with E-state index in [1.807, 2.05) is 0 Å². The van der Waals surface area contributed by atoms with Gasteiger partial charge in [-0.2, -0.15) is 0 Å². The van der Waals surface area contributed by atoms with E-state index in [1.165, 1.54) is 27.8 Å². The Morgan fingerprint density at radius 2 is 1.37 bits per heavy atom. The maximum absolute atomic E-state index is 6.31. The minimum Gasteiger partial charge on any atom is -0.464 e. The van der Waals surface area contributed by atoms with Crippen molar-refractivity contribution in [2.24, 2.45) is 0 Å². The monoisotopic (exact) mass is 358 g/mol. The van der Waals surface area contributed by atoms with Crippen molar-refractivity contribution in [2.75, 3.05) is 7.11 Å². The Morgan fingerprint density at radius 3 is 1.89 bits per heavy atom. The number of fused-ring (bicyclic) bond motifs is 3. The summed E-state index contributed by atoms with van der Waals surface area (Å²) in [5.41, 5.74) is 6.42. The standard InChI is InChI=1S/C25H26O2/c1-4-17(2)18-13-15-19(16-14-18)27-25(26-3)24-22-11-7-5-9-20(22)21-10-6-8-12-23(21)24/h5-17,24-25H,4H2,1-3H3. The van der Waals surface area contributed by atoms with Gasteiger partial charge in [-0.3, -0.25) is 0 Å². The fourth-order valence-electron chi connectivity index (χ4n) is 3.98. The van der Waals surface area contributed by atoms with Crippen molar-refractivity contribution in [1.29, 1.82) is 0 Å². The SMILES string of the molecule is CCC(C)c1ccc(OC(OC)C2c3ccccc3-c3ccccc32)cc1. The van der Waals surface area contributed by atoms with E-state index in [0.717, 1.165) is 12.2 Å². The maximum atomic E-state index is 6.31. The molecule has 2 heteroatoms. The second-order valence-corrected chi connectivity index (χ2v) is 7.25. The summed E-state index contributed by atoms with van der Waals surface area (Å²) < 4.78 is 12.1. The Morgan fingerprint density at radius 1 is 0.815 bits per heavy atom. The molecule has 0 aliphatic heterocycles. The van der Waals surface area contributed by atoms with Gasteiger partial charge in [-0.1, -0.05) is 74.5 Å². The molecule has 0 spiro atoms. The first kappa shape index (κ1) is 17.8. The predicted molar refractivity (Wildman–Crippen MR) is 110 cm³/mol. The van der Waals surface area contributed by atoms with Gasteiger partial charge in [0.1, 0.15) is 5.75 Å². The third-order valence-electron chi connectivity index (χ3n) is 5.70. The number of methoxy groups -OCH3 is 1. The van der Waals surface area contributed by atoms with Crippen molar-refractivity contribution in [1.82, 2.24) is 0 Å². The van der Waals surface area contributed by atoms with Crippen LogP contribution in [0.5, 0.6) is 5.75 Å². The van der Waals surface area contributed by atoms with E-state index in [9.17, 15) is 0 Å². The molecular formula is C25H26O2. The van der Waals surface area contributed by atoms with E-state index in [-0.39, 0.29) is 12.2 Å². The van der Waals surface area contributed by atoms with Crippen LogP contribution in [0, 0.1) is 0 Å². The molecule has 4 rings (SSSR count). The van der Waals surface area contributed by atoms with Crippen LogP contribution in [0.1, 0.15) is 48.8 Å². The summed E-state index contributed by atoms with van der Waals surface area (Å²) in [5, 5.41) is 0. The van der Waals surface area contributed by atoms with E-state index >= 15 is 0 Å².